The summed E-state index contributed by atoms with van der Waals surface area (Å²) >= 11 is 0. The van der Waals surface area contributed by atoms with Crippen LogP contribution in [0.4, 0.5) is 18.9 Å². The minimum atomic E-state index is -3.87. The third-order valence-corrected chi connectivity index (χ3v) is 5.08. The zero-order valence-electron chi connectivity index (χ0n) is 18.1. The highest BCUT2D eigenvalue weighted by molar-refractivity contribution is 7.92. The van der Waals surface area contributed by atoms with Crippen LogP contribution in [-0.2, 0) is 14.8 Å². The molecule has 0 fully saturated rings. The molecular weight excluding hydrogens is 445 g/mol. The van der Waals surface area contributed by atoms with Gasteiger partial charge in [-0.3, -0.25) is 9.52 Å². The van der Waals surface area contributed by atoms with Gasteiger partial charge in [0.2, 0.25) is 15.9 Å². The molecule has 0 aliphatic rings. The lowest BCUT2D eigenvalue weighted by molar-refractivity contribution is -0.117. The van der Waals surface area contributed by atoms with Gasteiger partial charge in [-0.25, -0.2) is 21.6 Å². The molecule has 0 aliphatic carbocycles. The first-order valence-electron chi connectivity index (χ1n) is 9.81. The Kier molecular flexibility index (Phi) is 8.31. The van der Waals surface area contributed by atoms with E-state index in [1.807, 2.05) is 13.8 Å². The van der Waals surface area contributed by atoms with Crippen LogP contribution in [0.3, 0.4) is 0 Å². The largest absolute Gasteiger partial charge is 0.490 e. The first-order valence-corrected chi connectivity index (χ1v) is 11.7. The SMILES string of the molecule is CC[C@@H](C)Oc1cc(F)ccc1/C=C/C(=O)NC(C)c1cc(F)c(NS(C)(=O)=O)c(F)c1. The van der Waals surface area contributed by atoms with Gasteiger partial charge in [-0.15, -0.1) is 0 Å². The molecule has 0 aliphatic heterocycles. The van der Waals surface area contributed by atoms with Crippen molar-refractivity contribution in [1.82, 2.24) is 5.32 Å². The summed E-state index contributed by atoms with van der Waals surface area (Å²) in [5, 5.41) is 2.56. The number of hydrogen-bond acceptors (Lipinski definition) is 4. The van der Waals surface area contributed by atoms with E-state index in [0.717, 1.165) is 18.4 Å². The number of anilines is 1. The fraction of sp³-hybridized carbons (Fsp3) is 0.318. The van der Waals surface area contributed by atoms with E-state index < -0.39 is 45.1 Å². The first kappa shape index (κ1) is 25.3. The molecular formula is C22H25F3N2O4S. The van der Waals surface area contributed by atoms with E-state index in [4.69, 9.17) is 4.74 Å². The topological polar surface area (TPSA) is 84.5 Å². The Morgan fingerprint density at radius 1 is 1.12 bits per heavy atom. The average Bonchev–Trinajstić information content (AvgIpc) is 2.69. The highest BCUT2D eigenvalue weighted by Crippen LogP contribution is 2.26. The van der Waals surface area contributed by atoms with Gasteiger partial charge >= 0.3 is 0 Å². The van der Waals surface area contributed by atoms with E-state index in [1.165, 1.54) is 37.3 Å². The van der Waals surface area contributed by atoms with E-state index in [0.29, 0.717) is 12.0 Å². The zero-order chi connectivity index (χ0) is 24.1. The van der Waals surface area contributed by atoms with Gasteiger partial charge in [-0.2, -0.15) is 0 Å². The van der Waals surface area contributed by atoms with Crippen LogP contribution >= 0.6 is 0 Å². The molecule has 0 radical (unpaired) electrons. The molecule has 1 unspecified atom stereocenters. The van der Waals surface area contributed by atoms with Crippen LogP contribution in [0, 0.1) is 17.5 Å². The van der Waals surface area contributed by atoms with Crippen LogP contribution in [0.2, 0.25) is 0 Å². The second kappa shape index (κ2) is 10.5. The molecule has 2 atom stereocenters. The van der Waals surface area contributed by atoms with Crippen molar-refractivity contribution in [1.29, 1.82) is 0 Å². The molecule has 6 nitrogen and oxygen atoms in total. The number of sulfonamides is 1. The van der Waals surface area contributed by atoms with Crippen molar-refractivity contribution in [3.8, 4) is 5.75 Å². The van der Waals surface area contributed by atoms with Gasteiger partial charge in [0.05, 0.1) is 18.4 Å². The summed E-state index contributed by atoms with van der Waals surface area (Å²) in [6.45, 7) is 5.27. The fourth-order valence-corrected chi connectivity index (χ4v) is 3.25. The standard InChI is InChI=1S/C22H25F3N2O4S/c1-5-13(2)31-20-12-17(23)8-6-15(20)7-9-21(28)26-14(3)16-10-18(24)22(19(25)11-16)27-32(4,29)30/h6-14,27H,5H2,1-4H3,(H,26,28)/b9-7+/t13-,14?/m1/s1. The van der Waals surface area contributed by atoms with Crippen LogP contribution in [0.25, 0.3) is 6.08 Å². The lowest BCUT2D eigenvalue weighted by Gasteiger charge is -2.16. The number of carbonyl (C=O) groups is 1. The van der Waals surface area contributed by atoms with Gasteiger partial charge in [0, 0.05) is 17.7 Å². The monoisotopic (exact) mass is 470 g/mol. The average molecular weight is 471 g/mol. The Bertz CT molecular complexity index is 1100. The molecule has 1 amide bonds. The molecule has 0 saturated heterocycles. The van der Waals surface area contributed by atoms with E-state index >= 15 is 0 Å². The van der Waals surface area contributed by atoms with Crippen LogP contribution in [-0.4, -0.2) is 26.7 Å². The summed E-state index contributed by atoms with van der Waals surface area (Å²) in [4.78, 5) is 12.3. The minimum absolute atomic E-state index is 0.100. The van der Waals surface area contributed by atoms with E-state index in [2.05, 4.69) is 5.32 Å². The van der Waals surface area contributed by atoms with Crippen molar-refractivity contribution < 1.29 is 31.1 Å². The molecule has 32 heavy (non-hydrogen) atoms. The molecule has 0 saturated carbocycles. The second-order valence-corrected chi connectivity index (χ2v) is 9.06. The van der Waals surface area contributed by atoms with Gasteiger partial charge < -0.3 is 10.1 Å². The van der Waals surface area contributed by atoms with Crippen LogP contribution in [0.5, 0.6) is 5.75 Å². The van der Waals surface area contributed by atoms with Crippen molar-refractivity contribution in [2.45, 2.75) is 39.3 Å². The van der Waals surface area contributed by atoms with Gasteiger partial charge in [-0.05, 0) is 56.2 Å². The lowest BCUT2D eigenvalue weighted by atomic mass is 10.1. The predicted molar refractivity (Wildman–Crippen MR) is 117 cm³/mol. The number of ether oxygens (including phenoxy) is 1. The molecule has 0 bridgehead atoms. The summed E-state index contributed by atoms with van der Waals surface area (Å²) in [5.41, 5.74) is -0.203. The first-order chi connectivity index (χ1) is 14.9. The Morgan fingerprint density at radius 3 is 2.31 bits per heavy atom. The maximum atomic E-state index is 14.2. The molecule has 2 aromatic rings. The van der Waals surface area contributed by atoms with Crippen molar-refractivity contribution >= 4 is 27.7 Å². The van der Waals surface area contributed by atoms with Crippen molar-refractivity contribution in [3.05, 3.63) is 65.0 Å². The second-order valence-electron chi connectivity index (χ2n) is 7.32. The van der Waals surface area contributed by atoms with Gasteiger partial charge in [-0.1, -0.05) is 6.92 Å². The van der Waals surface area contributed by atoms with Gasteiger partial charge in [0.1, 0.15) is 17.3 Å². The fourth-order valence-electron chi connectivity index (χ4n) is 2.68. The smallest absolute Gasteiger partial charge is 0.244 e. The maximum absolute atomic E-state index is 14.2. The summed E-state index contributed by atoms with van der Waals surface area (Å²) in [5.74, 6) is -2.97. The van der Waals surface area contributed by atoms with Crippen molar-refractivity contribution in [2.75, 3.05) is 11.0 Å². The maximum Gasteiger partial charge on any atom is 0.244 e. The molecule has 0 heterocycles. The van der Waals surface area contributed by atoms with Gasteiger partial charge in [0.15, 0.2) is 11.6 Å². The Balaban J connectivity index is 2.14. The number of rotatable bonds is 9. The zero-order valence-corrected chi connectivity index (χ0v) is 18.9. The number of nitrogens with one attached hydrogen (secondary N) is 2. The minimum Gasteiger partial charge on any atom is -0.490 e. The molecule has 174 valence electrons. The Labute approximate surface area is 185 Å². The highest BCUT2D eigenvalue weighted by Gasteiger charge is 2.18. The summed E-state index contributed by atoms with van der Waals surface area (Å²) in [6, 6.07) is 5.02. The molecule has 2 rings (SSSR count). The van der Waals surface area contributed by atoms with Crippen LogP contribution in [0.15, 0.2) is 36.4 Å². The predicted octanol–water partition coefficient (Wildman–Crippen LogP) is 4.54. The molecule has 2 N–H and O–H groups in total. The normalized spacial score (nSPS) is 13.6. The van der Waals surface area contributed by atoms with E-state index in [1.54, 1.807) is 4.72 Å². The molecule has 0 spiro atoms. The summed E-state index contributed by atoms with van der Waals surface area (Å²) in [6.07, 6.45) is 3.97. The van der Waals surface area contributed by atoms with Gasteiger partial charge in [0.25, 0.3) is 0 Å². The van der Waals surface area contributed by atoms with Crippen molar-refractivity contribution in [2.24, 2.45) is 0 Å². The van der Waals surface area contributed by atoms with Crippen LogP contribution < -0.4 is 14.8 Å². The number of carbonyl (C=O) groups excluding carboxylic acids is 1. The molecule has 2 aromatic carbocycles. The van der Waals surface area contributed by atoms with Crippen LogP contribution in [0.1, 0.15) is 44.4 Å². The Morgan fingerprint density at radius 2 is 1.75 bits per heavy atom. The molecule has 0 aromatic heterocycles. The quantitative estimate of drug-likeness (QED) is 0.527. The number of benzene rings is 2. The highest BCUT2D eigenvalue weighted by atomic mass is 32.2. The summed E-state index contributed by atoms with van der Waals surface area (Å²) < 4.78 is 71.9. The number of amides is 1. The number of hydrogen-bond donors (Lipinski definition) is 2. The number of halogens is 3. The summed E-state index contributed by atoms with van der Waals surface area (Å²) in [7, 11) is -3.87. The van der Waals surface area contributed by atoms with E-state index in [9.17, 15) is 26.4 Å². The lowest BCUT2D eigenvalue weighted by Crippen LogP contribution is -2.25. The van der Waals surface area contributed by atoms with E-state index in [-0.39, 0.29) is 17.4 Å². The third kappa shape index (κ3) is 7.30. The Hall–Kier alpha value is -3.01. The molecule has 10 heteroatoms. The van der Waals surface area contributed by atoms with Crippen molar-refractivity contribution in [3.63, 3.8) is 0 Å². The third-order valence-electron chi connectivity index (χ3n) is 4.50.